The monoisotopic (exact) mass is 400 g/mol. The molecule has 0 aliphatic heterocycles. The van der Waals surface area contributed by atoms with Gasteiger partial charge in [0, 0.05) is 39.6 Å². The summed E-state index contributed by atoms with van der Waals surface area (Å²) in [6, 6.07) is 15.0. The summed E-state index contributed by atoms with van der Waals surface area (Å²) in [7, 11) is 1.62. The number of hydrogen-bond acceptors (Lipinski definition) is 3. The van der Waals surface area contributed by atoms with Crippen LogP contribution in [0.25, 0.3) is 0 Å². The van der Waals surface area contributed by atoms with Crippen LogP contribution < -0.4 is 5.32 Å². The van der Waals surface area contributed by atoms with Crippen LogP contribution in [-0.4, -0.2) is 43.0 Å². The number of methoxy groups -OCH3 is 1. The molecule has 2 aromatic carbocycles. The van der Waals surface area contributed by atoms with Crippen LogP contribution in [0, 0.1) is 5.82 Å². The molecule has 5 nitrogen and oxygen atoms in total. The summed E-state index contributed by atoms with van der Waals surface area (Å²) in [4.78, 5) is 27.3. The lowest BCUT2D eigenvalue weighted by Crippen LogP contribution is -2.50. The lowest BCUT2D eigenvalue weighted by Gasteiger charge is -2.31. The van der Waals surface area contributed by atoms with Crippen LogP contribution in [0.1, 0.15) is 30.9 Å². The third-order valence-corrected chi connectivity index (χ3v) is 4.66. The SMILES string of the molecule is CCC(=O)N(Cc1ccc(F)cc1)[C@@H](Cc1ccccc1)C(=O)NCCCOC. The molecule has 1 N–H and O–H groups in total. The highest BCUT2D eigenvalue weighted by Crippen LogP contribution is 2.16. The van der Waals surface area contributed by atoms with Crippen molar-refractivity contribution in [3.63, 3.8) is 0 Å². The summed E-state index contributed by atoms with van der Waals surface area (Å²) in [5.41, 5.74) is 1.75. The van der Waals surface area contributed by atoms with E-state index in [-0.39, 0.29) is 30.6 Å². The molecule has 2 rings (SSSR count). The molecule has 156 valence electrons. The van der Waals surface area contributed by atoms with Gasteiger partial charge in [-0.05, 0) is 29.7 Å². The van der Waals surface area contributed by atoms with Crippen molar-refractivity contribution in [3.05, 3.63) is 71.5 Å². The van der Waals surface area contributed by atoms with E-state index in [4.69, 9.17) is 4.74 Å². The van der Waals surface area contributed by atoms with Gasteiger partial charge in [-0.25, -0.2) is 4.39 Å². The Morgan fingerprint density at radius 2 is 1.76 bits per heavy atom. The van der Waals surface area contributed by atoms with Crippen molar-refractivity contribution >= 4 is 11.8 Å². The van der Waals surface area contributed by atoms with E-state index in [1.165, 1.54) is 12.1 Å². The molecular formula is C23H29FN2O3. The fraction of sp³-hybridized carbons (Fsp3) is 0.391. The quantitative estimate of drug-likeness (QED) is 0.589. The predicted molar refractivity (Wildman–Crippen MR) is 111 cm³/mol. The van der Waals surface area contributed by atoms with Crippen LogP contribution in [0.15, 0.2) is 54.6 Å². The maximum atomic E-state index is 13.3. The largest absolute Gasteiger partial charge is 0.385 e. The topological polar surface area (TPSA) is 58.6 Å². The smallest absolute Gasteiger partial charge is 0.243 e. The summed E-state index contributed by atoms with van der Waals surface area (Å²) in [5.74, 6) is -0.657. The fourth-order valence-electron chi connectivity index (χ4n) is 3.09. The van der Waals surface area contributed by atoms with Crippen molar-refractivity contribution in [2.75, 3.05) is 20.3 Å². The van der Waals surface area contributed by atoms with Crippen LogP contribution in [0.5, 0.6) is 0 Å². The van der Waals surface area contributed by atoms with E-state index in [0.717, 1.165) is 11.1 Å². The maximum absolute atomic E-state index is 13.3. The summed E-state index contributed by atoms with van der Waals surface area (Å²) < 4.78 is 18.3. The predicted octanol–water partition coefficient (Wildman–Crippen LogP) is 3.33. The Bertz CT molecular complexity index is 765. The zero-order valence-electron chi connectivity index (χ0n) is 17.1. The number of rotatable bonds is 11. The third-order valence-electron chi connectivity index (χ3n) is 4.66. The van der Waals surface area contributed by atoms with Gasteiger partial charge < -0.3 is 15.0 Å². The first-order valence-corrected chi connectivity index (χ1v) is 9.89. The summed E-state index contributed by atoms with van der Waals surface area (Å²) in [6.45, 7) is 3.05. The van der Waals surface area contributed by atoms with Crippen LogP contribution in [-0.2, 0) is 27.3 Å². The number of carbonyl (C=O) groups is 2. The zero-order valence-corrected chi connectivity index (χ0v) is 17.1. The molecule has 6 heteroatoms. The van der Waals surface area contributed by atoms with Crippen molar-refractivity contribution in [1.29, 1.82) is 0 Å². The second-order valence-electron chi connectivity index (χ2n) is 6.84. The molecule has 0 aliphatic carbocycles. The van der Waals surface area contributed by atoms with Gasteiger partial charge in [-0.15, -0.1) is 0 Å². The maximum Gasteiger partial charge on any atom is 0.243 e. The average molecular weight is 400 g/mol. The Morgan fingerprint density at radius 3 is 2.38 bits per heavy atom. The van der Waals surface area contributed by atoms with E-state index >= 15 is 0 Å². The number of benzene rings is 2. The molecule has 29 heavy (non-hydrogen) atoms. The zero-order chi connectivity index (χ0) is 21.1. The lowest BCUT2D eigenvalue weighted by molar-refractivity contribution is -0.141. The van der Waals surface area contributed by atoms with Crippen molar-refractivity contribution in [3.8, 4) is 0 Å². The number of ether oxygens (including phenoxy) is 1. The van der Waals surface area contributed by atoms with E-state index in [2.05, 4.69) is 5.32 Å². The van der Waals surface area contributed by atoms with Gasteiger partial charge in [-0.3, -0.25) is 9.59 Å². The normalized spacial score (nSPS) is 11.7. The van der Waals surface area contributed by atoms with Crippen molar-refractivity contribution in [1.82, 2.24) is 10.2 Å². The summed E-state index contributed by atoms with van der Waals surface area (Å²) in [6.07, 6.45) is 1.38. The molecule has 0 saturated heterocycles. The Labute approximate surface area is 171 Å². The highest BCUT2D eigenvalue weighted by molar-refractivity contribution is 5.87. The molecule has 0 aromatic heterocycles. The van der Waals surface area contributed by atoms with Crippen LogP contribution in [0.3, 0.4) is 0 Å². The molecule has 0 unspecified atom stereocenters. The summed E-state index contributed by atoms with van der Waals surface area (Å²) in [5, 5.41) is 2.92. The Morgan fingerprint density at radius 1 is 1.07 bits per heavy atom. The third kappa shape index (κ3) is 7.31. The van der Waals surface area contributed by atoms with E-state index in [9.17, 15) is 14.0 Å². The molecule has 0 heterocycles. The minimum atomic E-state index is -0.655. The Balaban J connectivity index is 2.25. The second kappa shape index (κ2) is 12.0. The molecule has 0 bridgehead atoms. The molecular weight excluding hydrogens is 371 g/mol. The molecule has 2 amide bonds. The van der Waals surface area contributed by atoms with Gasteiger partial charge >= 0.3 is 0 Å². The molecule has 0 spiro atoms. The van der Waals surface area contributed by atoms with E-state index in [1.54, 1.807) is 31.1 Å². The van der Waals surface area contributed by atoms with Crippen molar-refractivity contribution in [2.45, 2.75) is 38.8 Å². The molecule has 0 saturated carbocycles. The number of halogens is 1. The number of nitrogens with zero attached hydrogens (tertiary/aromatic N) is 1. The fourth-order valence-corrected chi connectivity index (χ4v) is 3.09. The number of nitrogens with one attached hydrogen (secondary N) is 1. The molecule has 0 aliphatic rings. The minimum absolute atomic E-state index is 0.123. The first-order valence-electron chi connectivity index (χ1n) is 9.89. The molecule has 2 aromatic rings. The van der Waals surface area contributed by atoms with Gasteiger partial charge in [0.2, 0.25) is 11.8 Å². The highest BCUT2D eigenvalue weighted by Gasteiger charge is 2.29. The van der Waals surface area contributed by atoms with E-state index in [0.29, 0.717) is 26.0 Å². The molecule has 0 fully saturated rings. The highest BCUT2D eigenvalue weighted by atomic mass is 19.1. The lowest BCUT2D eigenvalue weighted by atomic mass is 10.0. The van der Waals surface area contributed by atoms with Gasteiger partial charge in [0.1, 0.15) is 11.9 Å². The van der Waals surface area contributed by atoms with Gasteiger partial charge in [0.25, 0.3) is 0 Å². The second-order valence-corrected chi connectivity index (χ2v) is 6.84. The molecule has 0 radical (unpaired) electrons. The number of amides is 2. The van der Waals surface area contributed by atoms with Crippen LogP contribution in [0.4, 0.5) is 4.39 Å². The first kappa shape index (κ1) is 22.6. The Hall–Kier alpha value is -2.73. The number of carbonyl (C=O) groups excluding carboxylic acids is 2. The van der Waals surface area contributed by atoms with E-state index in [1.807, 2.05) is 30.3 Å². The standard InChI is InChI=1S/C23H29FN2O3/c1-3-22(27)26(17-19-10-12-20(24)13-11-19)21(16-18-8-5-4-6-9-18)23(28)25-14-7-15-29-2/h4-6,8-13,21H,3,7,14-17H2,1-2H3,(H,25,28)/t21-/m0/s1. The first-order chi connectivity index (χ1) is 14.0. The number of hydrogen-bond donors (Lipinski definition) is 1. The summed E-state index contributed by atoms with van der Waals surface area (Å²) >= 11 is 0. The van der Waals surface area contributed by atoms with Crippen molar-refractivity contribution < 1.29 is 18.7 Å². The van der Waals surface area contributed by atoms with Gasteiger partial charge in [-0.1, -0.05) is 49.4 Å². The minimum Gasteiger partial charge on any atom is -0.385 e. The van der Waals surface area contributed by atoms with Crippen molar-refractivity contribution in [2.24, 2.45) is 0 Å². The van der Waals surface area contributed by atoms with Gasteiger partial charge in [0.05, 0.1) is 0 Å². The average Bonchev–Trinajstić information content (AvgIpc) is 2.75. The van der Waals surface area contributed by atoms with Gasteiger partial charge in [0.15, 0.2) is 0 Å². The molecule has 1 atom stereocenters. The van der Waals surface area contributed by atoms with Crippen LogP contribution in [0.2, 0.25) is 0 Å². The van der Waals surface area contributed by atoms with E-state index < -0.39 is 6.04 Å². The van der Waals surface area contributed by atoms with Crippen LogP contribution >= 0.6 is 0 Å². The van der Waals surface area contributed by atoms with Gasteiger partial charge in [-0.2, -0.15) is 0 Å². The Kier molecular flexibility index (Phi) is 9.31.